The van der Waals surface area contributed by atoms with Crippen molar-refractivity contribution in [2.45, 2.75) is 70.9 Å². The average Bonchev–Trinajstić information content (AvgIpc) is 2.42. The van der Waals surface area contributed by atoms with Gasteiger partial charge in [0.05, 0.1) is 0 Å². The molecule has 1 rings (SSSR count). The molecule has 1 aliphatic heterocycles. The van der Waals surface area contributed by atoms with Crippen LogP contribution < -0.4 is 5.32 Å². The summed E-state index contributed by atoms with van der Waals surface area (Å²) in [4.78, 5) is 2.59. The summed E-state index contributed by atoms with van der Waals surface area (Å²) in [6, 6.07) is 0.359. The van der Waals surface area contributed by atoms with Gasteiger partial charge in [0.25, 0.3) is 0 Å². The first-order valence-corrected chi connectivity index (χ1v) is 10.5. The molecule has 1 fully saturated rings. The van der Waals surface area contributed by atoms with Crippen molar-refractivity contribution in [1.82, 2.24) is 10.2 Å². The van der Waals surface area contributed by atoms with Crippen molar-refractivity contribution in [3.05, 3.63) is 0 Å². The summed E-state index contributed by atoms with van der Waals surface area (Å²) < 4.78 is 22.7. The van der Waals surface area contributed by atoms with E-state index < -0.39 is 9.84 Å². The van der Waals surface area contributed by atoms with E-state index in [4.69, 9.17) is 0 Å². The van der Waals surface area contributed by atoms with Crippen LogP contribution in [-0.2, 0) is 9.84 Å². The Kier molecular flexibility index (Phi) is 7.65. The minimum Gasteiger partial charge on any atom is -0.312 e. The molecular formula is C16H34N2O2S. The Labute approximate surface area is 131 Å². The maximum atomic E-state index is 11.3. The molecule has 1 unspecified atom stereocenters. The average molecular weight is 319 g/mol. The number of sulfone groups is 1. The minimum absolute atomic E-state index is 0.0904. The van der Waals surface area contributed by atoms with Crippen LogP contribution in [0.25, 0.3) is 0 Å². The fourth-order valence-electron chi connectivity index (χ4n) is 3.26. The third-order valence-electron chi connectivity index (χ3n) is 4.67. The second kappa shape index (κ2) is 8.49. The summed E-state index contributed by atoms with van der Waals surface area (Å²) in [6.07, 6.45) is 8.03. The number of likely N-dealkylation sites (tertiary alicyclic amines) is 1. The zero-order valence-electron chi connectivity index (χ0n) is 14.3. The van der Waals surface area contributed by atoms with Gasteiger partial charge in [-0.15, -0.1) is 0 Å². The molecule has 21 heavy (non-hydrogen) atoms. The molecule has 0 saturated carbocycles. The van der Waals surface area contributed by atoms with E-state index in [2.05, 4.69) is 31.0 Å². The Morgan fingerprint density at radius 2 is 1.81 bits per heavy atom. The Morgan fingerprint density at radius 3 is 2.33 bits per heavy atom. The Hall–Kier alpha value is -0.130. The molecule has 1 N–H and O–H groups in total. The fourth-order valence-corrected chi connectivity index (χ4v) is 3.95. The monoisotopic (exact) mass is 318 g/mol. The van der Waals surface area contributed by atoms with Gasteiger partial charge in [-0.1, -0.05) is 13.3 Å². The maximum absolute atomic E-state index is 11.3. The second-order valence-corrected chi connectivity index (χ2v) is 9.24. The number of hydrogen-bond acceptors (Lipinski definition) is 4. The standard InChI is InChI=1S/C16H34N2O2S/c1-5-11-17-15(10-9-14-21(4,19)20)16(2,3)18-12-7-6-8-13-18/h15,17H,5-14H2,1-4H3. The van der Waals surface area contributed by atoms with Crippen molar-refractivity contribution in [3.8, 4) is 0 Å². The molecule has 1 heterocycles. The molecule has 5 heteroatoms. The summed E-state index contributed by atoms with van der Waals surface area (Å²) in [5.74, 6) is 0.299. The molecule has 0 radical (unpaired) electrons. The Morgan fingerprint density at radius 1 is 1.19 bits per heavy atom. The molecular weight excluding hydrogens is 284 g/mol. The van der Waals surface area contributed by atoms with Crippen molar-refractivity contribution in [2.24, 2.45) is 0 Å². The highest BCUT2D eigenvalue weighted by Crippen LogP contribution is 2.26. The number of rotatable bonds is 9. The van der Waals surface area contributed by atoms with E-state index in [0.717, 1.165) is 25.8 Å². The minimum atomic E-state index is -2.85. The van der Waals surface area contributed by atoms with Gasteiger partial charge in [-0.05, 0) is 65.6 Å². The number of nitrogens with one attached hydrogen (secondary N) is 1. The van der Waals surface area contributed by atoms with E-state index in [9.17, 15) is 8.42 Å². The summed E-state index contributed by atoms with van der Waals surface area (Å²) in [5.41, 5.74) is 0.0904. The second-order valence-electron chi connectivity index (χ2n) is 6.98. The van der Waals surface area contributed by atoms with E-state index in [-0.39, 0.29) is 5.54 Å². The van der Waals surface area contributed by atoms with Crippen molar-refractivity contribution in [1.29, 1.82) is 0 Å². The molecule has 0 aromatic heterocycles. The topological polar surface area (TPSA) is 49.4 Å². The van der Waals surface area contributed by atoms with E-state index >= 15 is 0 Å². The van der Waals surface area contributed by atoms with Crippen LogP contribution in [0.4, 0.5) is 0 Å². The highest BCUT2D eigenvalue weighted by molar-refractivity contribution is 7.90. The molecule has 0 bridgehead atoms. The first-order chi connectivity index (χ1) is 9.77. The third kappa shape index (κ3) is 6.66. The largest absolute Gasteiger partial charge is 0.312 e. The predicted octanol–water partition coefficient (Wildman–Crippen LogP) is 2.44. The highest BCUT2D eigenvalue weighted by Gasteiger charge is 2.35. The Balaban J connectivity index is 2.64. The molecule has 0 amide bonds. The van der Waals surface area contributed by atoms with Crippen LogP contribution in [0.3, 0.4) is 0 Å². The Bertz CT molecular complexity index is 387. The van der Waals surface area contributed by atoms with Crippen molar-refractivity contribution in [3.63, 3.8) is 0 Å². The van der Waals surface area contributed by atoms with Crippen molar-refractivity contribution >= 4 is 9.84 Å². The smallest absolute Gasteiger partial charge is 0.147 e. The normalized spacial score (nSPS) is 19.6. The lowest BCUT2D eigenvalue weighted by Crippen LogP contribution is -2.59. The van der Waals surface area contributed by atoms with Crippen molar-refractivity contribution in [2.75, 3.05) is 31.6 Å². The van der Waals surface area contributed by atoms with E-state index in [1.54, 1.807) is 0 Å². The molecule has 0 aromatic rings. The van der Waals surface area contributed by atoms with E-state index in [1.807, 2.05) is 0 Å². The molecule has 1 aliphatic rings. The first-order valence-electron chi connectivity index (χ1n) is 8.43. The quantitative estimate of drug-likeness (QED) is 0.709. The maximum Gasteiger partial charge on any atom is 0.147 e. The van der Waals surface area contributed by atoms with Crippen LogP contribution in [0, 0.1) is 0 Å². The lowest BCUT2D eigenvalue weighted by atomic mass is 9.87. The third-order valence-corrected chi connectivity index (χ3v) is 5.70. The van der Waals surface area contributed by atoms with Crippen LogP contribution in [0.15, 0.2) is 0 Å². The molecule has 0 aliphatic carbocycles. The number of piperidine rings is 1. The van der Waals surface area contributed by atoms with Gasteiger partial charge in [0, 0.05) is 23.6 Å². The summed E-state index contributed by atoms with van der Waals surface area (Å²) in [6.45, 7) is 10.1. The van der Waals surface area contributed by atoms with Gasteiger partial charge in [-0.25, -0.2) is 8.42 Å². The van der Waals surface area contributed by atoms with Gasteiger partial charge in [0.15, 0.2) is 0 Å². The molecule has 0 aromatic carbocycles. The number of hydrogen-bond donors (Lipinski definition) is 1. The molecule has 4 nitrogen and oxygen atoms in total. The summed E-state index contributed by atoms with van der Waals surface area (Å²) in [5, 5.41) is 3.66. The summed E-state index contributed by atoms with van der Waals surface area (Å²) >= 11 is 0. The van der Waals surface area contributed by atoms with Gasteiger partial charge in [-0.3, -0.25) is 4.90 Å². The van der Waals surface area contributed by atoms with E-state index in [1.165, 1.54) is 38.6 Å². The first kappa shape index (κ1) is 18.9. The molecule has 0 spiro atoms. The van der Waals surface area contributed by atoms with Gasteiger partial charge < -0.3 is 5.32 Å². The van der Waals surface area contributed by atoms with Crippen LogP contribution in [0.1, 0.15) is 59.3 Å². The lowest BCUT2D eigenvalue weighted by molar-refractivity contribution is 0.0580. The zero-order chi connectivity index (χ0) is 15.9. The highest BCUT2D eigenvalue weighted by atomic mass is 32.2. The summed E-state index contributed by atoms with van der Waals surface area (Å²) in [7, 11) is -2.85. The van der Waals surface area contributed by atoms with Crippen LogP contribution in [-0.4, -0.2) is 56.5 Å². The van der Waals surface area contributed by atoms with Crippen molar-refractivity contribution < 1.29 is 8.42 Å². The molecule has 1 saturated heterocycles. The van der Waals surface area contributed by atoms with Crippen LogP contribution in [0.5, 0.6) is 0 Å². The number of nitrogens with zero attached hydrogens (tertiary/aromatic N) is 1. The van der Waals surface area contributed by atoms with Gasteiger partial charge >= 0.3 is 0 Å². The molecule has 126 valence electrons. The predicted molar refractivity (Wildman–Crippen MR) is 90.5 cm³/mol. The van der Waals surface area contributed by atoms with Gasteiger partial charge in [0.1, 0.15) is 9.84 Å². The van der Waals surface area contributed by atoms with Crippen LogP contribution in [0.2, 0.25) is 0 Å². The lowest BCUT2D eigenvalue weighted by Gasteiger charge is -2.46. The zero-order valence-corrected chi connectivity index (χ0v) is 15.1. The van der Waals surface area contributed by atoms with E-state index in [0.29, 0.717) is 11.8 Å². The van der Waals surface area contributed by atoms with Gasteiger partial charge in [0.2, 0.25) is 0 Å². The SMILES string of the molecule is CCCNC(CCCS(C)(=O)=O)C(C)(C)N1CCCCC1. The van der Waals surface area contributed by atoms with Crippen LogP contribution >= 0.6 is 0 Å². The fraction of sp³-hybridized carbons (Fsp3) is 1.00. The molecule has 1 atom stereocenters. The van der Waals surface area contributed by atoms with Gasteiger partial charge in [-0.2, -0.15) is 0 Å².